The fourth-order valence-corrected chi connectivity index (χ4v) is 1.63. The van der Waals surface area contributed by atoms with Crippen molar-refractivity contribution in [2.45, 2.75) is 6.61 Å². The molecule has 0 unspecified atom stereocenters. The Morgan fingerprint density at radius 1 is 1.40 bits per heavy atom. The van der Waals surface area contributed by atoms with Crippen molar-refractivity contribution < 1.29 is 14.6 Å². The average Bonchev–Trinajstić information content (AvgIpc) is 2.46. The Bertz CT molecular complexity index is 692. The van der Waals surface area contributed by atoms with Crippen LogP contribution >= 0.6 is 0 Å². The van der Waals surface area contributed by atoms with E-state index in [0.717, 1.165) is 5.56 Å². The van der Waals surface area contributed by atoms with Crippen LogP contribution in [-0.4, -0.2) is 16.1 Å². The van der Waals surface area contributed by atoms with Gasteiger partial charge in [-0.05, 0) is 35.9 Å². The summed E-state index contributed by atoms with van der Waals surface area (Å²) in [4.78, 5) is 14.9. The Kier molecular flexibility index (Phi) is 3.82. The molecular weight excluding hydrogens is 258 g/mol. The van der Waals surface area contributed by atoms with Gasteiger partial charge in [0.25, 0.3) is 0 Å². The molecular formula is C14H11N3O3. The molecule has 2 rings (SSSR count). The first-order valence-electron chi connectivity index (χ1n) is 5.71. The Balaban J connectivity index is 2.19. The number of nitrogen functional groups attached to an aromatic ring is 1. The van der Waals surface area contributed by atoms with Gasteiger partial charge in [-0.1, -0.05) is 0 Å². The summed E-state index contributed by atoms with van der Waals surface area (Å²) < 4.78 is 5.47. The van der Waals surface area contributed by atoms with Gasteiger partial charge in [0.05, 0.1) is 0 Å². The van der Waals surface area contributed by atoms with E-state index < -0.39 is 5.97 Å². The Labute approximate surface area is 115 Å². The first kappa shape index (κ1) is 13.4. The van der Waals surface area contributed by atoms with Gasteiger partial charge in [0, 0.05) is 11.9 Å². The average molecular weight is 269 g/mol. The third-order valence-corrected chi connectivity index (χ3v) is 2.57. The zero-order chi connectivity index (χ0) is 14.5. The fraction of sp³-hybridized carbons (Fsp3) is 0.0714. The van der Waals surface area contributed by atoms with Gasteiger partial charge >= 0.3 is 5.97 Å². The highest BCUT2D eigenvalue weighted by molar-refractivity contribution is 5.92. The number of pyridine rings is 1. The van der Waals surface area contributed by atoms with Gasteiger partial charge in [0.15, 0.2) is 0 Å². The minimum Gasteiger partial charge on any atom is -0.488 e. The van der Waals surface area contributed by atoms with Crippen molar-refractivity contribution in [2.24, 2.45) is 0 Å². The summed E-state index contributed by atoms with van der Waals surface area (Å²) in [6.07, 6.45) is 1.50. The van der Waals surface area contributed by atoms with Gasteiger partial charge in [-0.3, -0.25) is 0 Å². The number of carboxylic acids is 1. The van der Waals surface area contributed by atoms with Crippen molar-refractivity contribution in [3.8, 4) is 11.8 Å². The van der Waals surface area contributed by atoms with Crippen LogP contribution in [-0.2, 0) is 6.61 Å². The van der Waals surface area contributed by atoms with E-state index in [1.54, 1.807) is 18.2 Å². The lowest BCUT2D eigenvalue weighted by molar-refractivity contribution is 0.0692. The molecule has 6 heteroatoms. The SMILES string of the molecule is N#Cc1cc(COc2ccc(N)cc2C(=O)O)ccn1. The Morgan fingerprint density at radius 2 is 2.20 bits per heavy atom. The monoisotopic (exact) mass is 269 g/mol. The number of ether oxygens (including phenoxy) is 1. The minimum atomic E-state index is -1.11. The molecule has 0 bridgehead atoms. The van der Waals surface area contributed by atoms with Crippen molar-refractivity contribution in [2.75, 3.05) is 5.73 Å². The van der Waals surface area contributed by atoms with Crippen LogP contribution in [0.1, 0.15) is 21.6 Å². The predicted molar refractivity (Wildman–Crippen MR) is 71.1 cm³/mol. The highest BCUT2D eigenvalue weighted by atomic mass is 16.5. The lowest BCUT2D eigenvalue weighted by atomic mass is 10.2. The van der Waals surface area contributed by atoms with E-state index in [4.69, 9.17) is 20.8 Å². The number of nitrogens with two attached hydrogens (primary N) is 1. The van der Waals surface area contributed by atoms with E-state index in [9.17, 15) is 4.79 Å². The number of carboxylic acid groups (broad SMARTS) is 1. The van der Waals surface area contributed by atoms with E-state index in [1.807, 2.05) is 6.07 Å². The first-order valence-corrected chi connectivity index (χ1v) is 5.71. The molecule has 0 saturated heterocycles. The maximum Gasteiger partial charge on any atom is 0.339 e. The Hall–Kier alpha value is -3.07. The molecule has 0 spiro atoms. The maximum absolute atomic E-state index is 11.1. The number of carbonyl (C=O) groups is 1. The quantitative estimate of drug-likeness (QED) is 0.819. The summed E-state index contributed by atoms with van der Waals surface area (Å²) in [6.45, 7) is 0.140. The number of aromatic nitrogens is 1. The summed E-state index contributed by atoms with van der Waals surface area (Å²) in [7, 11) is 0. The van der Waals surface area contributed by atoms with Crippen LogP contribution in [0.4, 0.5) is 5.69 Å². The van der Waals surface area contributed by atoms with E-state index >= 15 is 0 Å². The van der Waals surface area contributed by atoms with Crippen LogP contribution in [0.3, 0.4) is 0 Å². The summed E-state index contributed by atoms with van der Waals surface area (Å²) >= 11 is 0. The molecule has 20 heavy (non-hydrogen) atoms. The molecule has 0 radical (unpaired) electrons. The molecule has 0 aliphatic carbocycles. The first-order chi connectivity index (χ1) is 9.60. The largest absolute Gasteiger partial charge is 0.488 e. The lowest BCUT2D eigenvalue weighted by Gasteiger charge is -2.09. The van der Waals surface area contributed by atoms with Crippen LogP contribution in [0.25, 0.3) is 0 Å². The molecule has 6 nitrogen and oxygen atoms in total. The second-order valence-electron chi connectivity index (χ2n) is 4.01. The second-order valence-corrected chi connectivity index (χ2v) is 4.01. The molecule has 0 amide bonds. The van der Waals surface area contributed by atoms with Crippen molar-refractivity contribution in [3.63, 3.8) is 0 Å². The van der Waals surface area contributed by atoms with E-state index in [-0.39, 0.29) is 23.6 Å². The number of nitrogens with zero attached hydrogens (tertiary/aromatic N) is 2. The van der Waals surface area contributed by atoms with Crippen molar-refractivity contribution >= 4 is 11.7 Å². The number of anilines is 1. The zero-order valence-electron chi connectivity index (χ0n) is 10.4. The van der Waals surface area contributed by atoms with Crippen molar-refractivity contribution in [1.29, 1.82) is 5.26 Å². The standard InChI is InChI=1S/C14H11N3O3/c15-7-11-5-9(3-4-17-11)8-20-13-2-1-10(16)6-12(13)14(18)19/h1-6H,8,16H2,(H,18,19). The van der Waals surface area contributed by atoms with E-state index in [1.165, 1.54) is 18.3 Å². The summed E-state index contributed by atoms with van der Waals surface area (Å²) in [5.74, 6) is -0.887. The normalized spacial score (nSPS) is 9.75. The molecule has 0 fully saturated rings. The predicted octanol–water partition coefficient (Wildman–Crippen LogP) is 1.81. The number of hydrogen-bond acceptors (Lipinski definition) is 5. The molecule has 0 saturated carbocycles. The molecule has 1 aromatic heterocycles. The van der Waals surface area contributed by atoms with Crippen LogP contribution in [0.2, 0.25) is 0 Å². The minimum absolute atomic E-state index is 0.000405. The van der Waals surface area contributed by atoms with Gasteiger partial charge in [-0.2, -0.15) is 5.26 Å². The summed E-state index contributed by atoms with van der Waals surface area (Å²) in [5, 5.41) is 17.8. The number of hydrogen-bond donors (Lipinski definition) is 2. The molecule has 3 N–H and O–H groups in total. The molecule has 1 heterocycles. The zero-order valence-corrected chi connectivity index (χ0v) is 10.4. The van der Waals surface area contributed by atoms with Crippen LogP contribution in [0.5, 0.6) is 5.75 Å². The van der Waals surface area contributed by atoms with Crippen molar-refractivity contribution in [1.82, 2.24) is 4.98 Å². The lowest BCUT2D eigenvalue weighted by Crippen LogP contribution is -2.04. The van der Waals surface area contributed by atoms with Gasteiger partial charge in [-0.25, -0.2) is 9.78 Å². The third-order valence-electron chi connectivity index (χ3n) is 2.57. The van der Waals surface area contributed by atoms with Crippen LogP contribution in [0, 0.1) is 11.3 Å². The number of aromatic carboxylic acids is 1. The van der Waals surface area contributed by atoms with Crippen molar-refractivity contribution in [3.05, 3.63) is 53.3 Å². The second kappa shape index (κ2) is 5.71. The third kappa shape index (κ3) is 3.03. The van der Waals surface area contributed by atoms with E-state index in [0.29, 0.717) is 5.69 Å². The Morgan fingerprint density at radius 3 is 2.90 bits per heavy atom. The van der Waals surface area contributed by atoms with E-state index in [2.05, 4.69) is 4.98 Å². The molecule has 100 valence electrons. The molecule has 0 aliphatic rings. The molecule has 1 aromatic carbocycles. The maximum atomic E-state index is 11.1. The highest BCUT2D eigenvalue weighted by Gasteiger charge is 2.12. The number of benzene rings is 1. The fourth-order valence-electron chi connectivity index (χ4n) is 1.63. The van der Waals surface area contributed by atoms with Gasteiger partial charge in [-0.15, -0.1) is 0 Å². The van der Waals surface area contributed by atoms with Gasteiger partial charge in [0.1, 0.15) is 29.7 Å². The molecule has 2 aromatic rings. The van der Waals surface area contributed by atoms with Gasteiger partial charge < -0.3 is 15.6 Å². The molecule has 0 aliphatic heterocycles. The van der Waals surface area contributed by atoms with Crippen LogP contribution in [0.15, 0.2) is 36.5 Å². The molecule has 0 atom stereocenters. The summed E-state index contributed by atoms with van der Waals surface area (Å²) in [6, 6.07) is 9.61. The smallest absolute Gasteiger partial charge is 0.339 e. The highest BCUT2D eigenvalue weighted by Crippen LogP contribution is 2.22. The summed E-state index contributed by atoms with van der Waals surface area (Å²) in [5.41, 5.74) is 6.91. The van der Waals surface area contributed by atoms with Crippen LogP contribution < -0.4 is 10.5 Å². The number of nitriles is 1. The number of rotatable bonds is 4. The van der Waals surface area contributed by atoms with Gasteiger partial charge in [0.2, 0.25) is 0 Å². The topological polar surface area (TPSA) is 109 Å².